The van der Waals surface area contributed by atoms with E-state index in [2.05, 4.69) is 10.2 Å². The minimum atomic E-state index is 0.0124. The molecule has 0 unspecified atom stereocenters. The van der Waals surface area contributed by atoms with E-state index in [1.54, 1.807) is 24.3 Å². The van der Waals surface area contributed by atoms with E-state index in [1.807, 2.05) is 31.2 Å². The van der Waals surface area contributed by atoms with Crippen LogP contribution in [-0.4, -0.2) is 21.7 Å². The van der Waals surface area contributed by atoms with Crippen LogP contribution in [0.5, 0.6) is 5.75 Å². The molecule has 5 nitrogen and oxygen atoms in total. The van der Waals surface area contributed by atoms with Crippen LogP contribution in [0.15, 0.2) is 58.2 Å². The zero-order valence-electron chi connectivity index (χ0n) is 13.4. The van der Waals surface area contributed by atoms with Crippen LogP contribution in [0, 0.1) is 6.92 Å². The third-order valence-corrected chi connectivity index (χ3v) is 4.41. The van der Waals surface area contributed by atoms with Gasteiger partial charge in [-0.3, -0.25) is 4.79 Å². The van der Waals surface area contributed by atoms with Crippen LogP contribution < -0.4 is 4.74 Å². The number of hydrogen-bond acceptors (Lipinski definition) is 6. The van der Waals surface area contributed by atoms with Crippen molar-refractivity contribution in [2.45, 2.75) is 18.8 Å². The number of carbonyl (C=O) groups excluding carboxylic acids is 1. The van der Waals surface area contributed by atoms with Gasteiger partial charge in [-0.1, -0.05) is 53.7 Å². The van der Waals surface area contributed by atoms with Gasteiger partial charge in [0.25, 0.3) is 11.1 Å². The molecule has 0 amide bonds. The molecule has 1 aromatic heterocycles. The molecule has 0 aliphatic heterocycles. The monoisotopic (exact) mass is 374 g/mol. The Labute approximate surface area is 154 Å². The maximum absolute atomic E-state index is 12.1. The van der Waals surface area contributed by atoms with Crippen LogP contribution in [0.2, 0.25) is 5.02 Å². The van der Waals surface area contributed by atoms with Crippen LogP contribution >= 0.6 is 23.4 Å². The molecule has 2 aromatic carbocycles. The average Bonchev–Trinajstić information content (AvgIpc) is 3.07. The molecule has 128 valence electrons. The first-order chi connectivity index (χ1) is 12.1. The normalized spacial score (nSPS) is 10.6. The highest BCUT2D eigenvalue weighted by Crippen LogP contribution is 2.23. The summed E-state index contributed by atoms with van der Waals surface area (Å²) in [4.78, 5) is 12.1. The van der Waals surface area contributed by atoms with E-state index in [0.29, 0.717) is 27.4 Å². The van der Waals surface area contributed by atoms with Gasteiger partial charge in [-0.15, -0.1) is 10.2 Å². The molecule has 0 spiro atoms. The van der Waals surface area contributed by atoms with Crippen molar-refractivity contribution in [3.05, 3.63) is 70.6 Å². The van der Waals surface area contributed by atoms with Gasteiger partial charge >= 0.3 is 0 Å². The number of halogens is 1. The Balaban J connectivity index is 1.53. The maximum atomic E-state index is 12.1. The van der Waals surface area contributed by atoms with Crippen LogP contribution in [0.4, 0.5) is 0 Å². The van der Waals surface area contributed by atoms with Crippen molar-refractivity contribution in [3.63, 3.8) is 0 Å². The van der Waals surface area contributed by atoms with E-state index in [0.717, 1.165) is 5.56 Å². The summed E-state index contributed by atoms with van der Waals surface area (Å²) >= 11 is 7.12. The summed E-state index contributed by atoms with van der Waals surface area (Å²) in [6.07, 6.45) is 0. The topological polar surface area (TPSA) is 65.2 Å². The first-order valence-corrected chi connectivity index (χ1v) is 8.90. The van der Waals surface area contributed by atoms with Crippen LogP contribution in [0.1, 0.15) is 21.8 Å². The van der Waals surface area contributed by atoms with Crippen LogP contribution in [-0.2, 0) is 6.61 Å². The maximum Gasteiger partial charge on any atom is 0.277 e. The molecule has 0 radical (unpaired) electrons. The smallest absolute Gasteiger partial charge is 0.277 e. The predicted octanol–water partition coefficient (Wildman–Crippen LogP) is 4.59. The number of ketones is 1. The molecule has 7 heteroatoms. The first kappa shape index (κ1) is 17.5. The standard InChI is InChI=1S/C18H15ClN2O3S/c1-12-9-14(19)7-8-16(12)23-10-17-20-21-18(24-17)25-11-15(22)13-5-3-2-4-6-13/h2-9H,10-11H2,1H3. The average molecular weight is 375 g/mol. The van der Waals surface area contributed by atoms with Gasteiger partial charge in [-0.25, -0.2) is 0 Å². The lowest BCUT2D eigenvalue weighted by atomic mass is 10.2. The Morgan fingerprint density at radius 1 is 1.20 bits per heavy atom. The number of Topliss-reactive ketones (excluding diaryl/α,β-unsaturated/α-hetero) is 1. The lowest BCUT2D eigenvalue weighted by Gasteiger charge is -2.06. The van der Waals surface area contributed by atoms with E-state index in [1.165, 1.54) is 11.8 Å². The summed E-state index contributed by atoms with van der Waals surface area (Å²) in [6, 6.07) is 14.5. The van der Waals surface area contributed by atoms with Crippen molar-refractivity contribution in [1.82, 2.24) is 10.2 Å². The van der Waals surface area contributed by atoms with Gasteiger partial charge in [0, 0.05) is 10.6 Å². The Morgan fingerprint density at radius 3 is 2.76 bits per heavy atom. The molecular formula is C18H15ClN2O3S. The summed E-state index contributed by atoms with van der Waals surface area (Å²) in [5.41, 5.74) is 1.59. The number of rotatable bonds is 7. The van der Waals surface area contributed by atoms with Gasteiger partial charge < -0.3 is 9.15 Å². The minimum absolute atomic E-state index is 0.0124. The molecule has 1 heterocycles. The first-order valence-electron chi connectivity index (χ1n) is 7.54. The summed E-state index contributed by atoms with van der Waals surface area (Å²) in [5.74, 6) is 1.31. The number of nitrogens with zero attached hydrogens (tertiary/aromatic N) is 2. The number of thioether (sulfide) groups is 1. The van der Waals surface area contributed by atoms with E-state index >= 15 is 0 Å². The van der Waals surface area contributed by atoms with Gasteiger partial charge in [0.05, 0.1) is 5.75 Å². The Hall–Kier alpha value is -2.31. The second-order valence-electron chi connectivity index (χ2n) is 5.24. The Bertz CT molecular complexity index is 868. The molecule has 0 bridgehead atoms. The molecule has 0 fully saturated rings. The predicted molar refractivity (Wildman–Crippen MR) is 96.3 cm³/mol. The number of aryl methyl sites for hydroxylation is 1. The minimum Gasteiger partial charge on any atom is -0.484 e. The molecule has 0 aliphatic carbocycles. The lowest BCUT2D eigenvalue weighted by Crippen LogP contribution is -2.01. The molecule has 3 rings (SSSR count). The molecule has 0 atom stereocenters. The molecular weight excluding hydrogens is 360 g/mol. The quantitative estimate of drug-likeness (QED) is 0.445. The van der Waals surface area contributed by atoms with Crippen molar-refractivity contribution in [2.24, 2.45) is 0 Å². The van der Waals surface area contributed by atoms with Crippen LogP contribution in [0.3, 0.4) is 0 Å². The fraction of sp³-hybridized carbons (Fsp3) is 0.167. The summed E-state index contributed by atoms with van der Waals surface area (Å²) < 4.78 is 11.1. The largest absolute Gasteiger partial charge is 0.484 e. The summed E-state index contributed by atoms with van der Waals surface area (Å²) in [6.45, 7) is 2.06. The van der Waals surface area contributed by atoms with Gasteiger partial charge in [0.15, 0.2) is 12.4 Å². The van der Waals surface area contributed by atoms with E-state index < -0.39 is 0 Å². The molecule has 25 heavy (non-hydrogen) atoms. The molecule has 0 N–H and O–H groups in total. The zero-order chi connectivity index (χ0) is 17.6. The molecule has 0 saturated heterocycles. The number of carbonyl (C=O) groups is 1. The molecule has 0 saturated carbocycles. The van der Waals surface area contributed by atoms with Gasteiger partial charge in [-0.05, 0) is 30.7 Å². The number of benzene rings is 2. The lowest BCUT2D eigenvalue weighted by molar-refractivity contribution is 0.102. The van der Waals surface area contributed by atoms with Crippen molar-refractivity contribution in [1.29, 1.82) is 0 Å². The van der Waals surface area contributed by atoms with Crippen molar-refractivity contribution in [2.75, 3.05) is 5.75 Å². The van der Waals surface area contributed by atoms with Crippen molar-refractivity contribution >= 4 is 29.1 Å². The van der Waals surface area contributed by atoms with Crippen LogP contribution in [0.25, 0.3) is 0 Å². The second-order valence-corrected chi connectivity index (χ2v) is 6.60. The van der Waals surface area contributed by atoms with Gasteiger partial charge in [0.2, 0.25) is 0 Å². The number of ether oxygens (including phenoxy) is 1. The Morgan fingerprint density at radius 2 is 2.00 bits per heavy atom. The second kappa shape index (κ2) is 8.18. The fourth-order valence-corrected chi connectivity index (χ4v) is 3.01. The highest BCUT2D eigenvalue weighted by atomic mass is 35.5. The van der Waals surface area contributed by atoms with Crippen molar-refractivity contribution in [3.8, 4) is 5.75 Å². The zero-order valence-corrected chi connectivity index (χ0v) is 15.0. The number of hydrogen-bond donors (Lipinski definition) is 0. The summed E-state index contributed by atoms with van der Waals surface area (Å²) in [7, 11) is 0. The van der Waals surface area contributed by atoms with E-state index in [9.17, 15) is 4.79 Å². The SMILES string of the molecule is Cc1cc(Cl)ccc1OCc1nnc(SCC(=O)c2ccccc2)o1. The highest BCUT2D eigenvalue weighted by molar-refractivity contribution is 7.99. The summed E-state index contributed by atoms with van der Waals surface area (Å²) in [5, 5.41) is 8.85. The number of aromatic nitrogens is 2. The van der Waals surface area contributed by atoms with E-state index in [-0.39, 0.29) is 18.1 Å². The molecule has 0 aliphatic rings. The third kappa shape index (κ3) is 4.84. The Kier molecular flexibility index (Phi) is 5.73. The van der Waals surface area contributed by atoms with E-state index in [4.69, 9.17) is 20.8 Å². The third-order valence-electron chi connectivity index (χ3n) is 3.36. The fourth-order valence-electron chi connectivity index (χ4n) is 2.10. The molecule has 3 aromatic rings. The van der Waals surface area contributed by atoms with Gasteiger partial charge in [0.1, 0.15) is 5.75 Å². The van der Waals surface area contributed by atoms with Gasteiger partial charge in [-0.2, -0.15) is 0 Å². The van der Waals surface area contributed by atoms with Crippen molar-refractivity contribution < 1.29 is 13.9 Å². The highest BCUT2D eigenvalue weighted by Gasteiger charge is 2.12.